The van der Waals surface area contributed by atoms with Crippen molar-refractivity contribution in [2.75, 3.05) is 18.4 Å². The molecule has 1 amide bonds. The molecule has 1 fully saturated rings. The molecule has 2 aromatic rings. The zero-order chi connectivity index (χ0) is 15.4. The summed E-state index contributed by atoms with van der Waals surface area (Å²) in [5.41, 5.74) is 2.19. The van der Waals surface area contributed by atoms with Crippen molar-refractivity contribution in [2.45, 2.75) is 32.2 Å². The molecule has 3 rings (SSSR count). The standard InChI is InChI=1S/C18H22N2OS/c1-2-14-7-9-15(10-8-14)19-18(21)13-20-11-3-5-16(20)17-6-4-12-22-17/h4,6-10,12,16H,2-3,5,11,13H2,1H3,(H,19,21)/p+1/t16-/m0/s1. The lowest BCUT2D eigenvalue weighted by molar-refractivity contribution is -0.910. The molecule has 2 N–H and O–H groups in total. The SMILES string of the molecule is CCc1ccc(NC(=O)C[NH+]2CCC[C@H]2c2cccs2)cc1. The largest absolute Gasteiger partial charge is 0.321 e. The van der Waals surface area contributed by atoms with E-state index in [1.165, 1.54) is 28.2 Å². The van der Waals surface area contributed by atoms with Gasteiger partial charge in [-0.25, -0.2) is 0 Å². The zero-order valence-corrected chi connectivity index (χ0v) is 13.8. The quantitative estimate of drug-likeness (QED) is 0.874. The van der Waals surface area contributed by atoms with Crippen LogP contribution in [0.1, 0.15) is 36.2 Å². The summed E-state index contributed by atoms with van der Waals surface area (Å²) in [5.74, 6) is 0.114. The number of anilines is 1. The zero-order valence-electron chi connectivity index (χ0n) is 13.0. The molecule has 22 heavy (non-hydrogen) atoms. The van der Waals surface area contributed by atoms with Gasteiger partial charge in [-0.2, -0.15) is 0 Å². The van der Waals surface area contributed by atoms with Crippen molar-refractivity contribution < 1.29 is 9.69 Å². The van der Waals surface area contributed by atoms with E-state index in [0.717, 1.165) is 18.7 Å². The molecule has 1 saturated heterocycles. The number of likely N-dealkylation sites (tertiary alicyclic amines) is 1. The summed E-state index contributed by atoms with van der Waals surface area (Å²) < 4.78 is 0. The van der Waals surface area contributed by atoms with Gasteiger partial charge in [0.2, 0.25) is 0 Å². The Morgan fingerprint density at radius 2 is 2.14 bits per heavy atom. The van der Waals surface area contributed by atoms with Gasteiger partial charge in [-0.15, -0.1) is 11.3 Å². The number of hydrogen-bond acceptors (Lipinski definition) is 2. The number of thiophene rings is 1. The molecule has 1 aliphatic heterocycles. The van der Waals surface area contributed by atoms with Crippen LogP contribution in [0.2, 0.25) is 0 Å². The minimum atomic E-state index is 0.114. The van der Waals surface area contributed by atoms with Gasteiger partial charge in [0, 0.05) is 18.5 Å². The van der Waals surface area contributed by atoms with Gasteiger partial charge in [-0.05, 0) is 35.6 Å². The number of rotatable bonds is 5. The number of quaternary nitrogens is 1. The Kier molecular flexibility index (Phi) is 4.90. The third kappa shape index (κ3) is 3.57. The van der Waals surface area contributed by atoms with E-state index < -0.39 is 0 Å². The molecule has 4 heteroatoms. The lowest BCUT2D eigenvalue weighted by Crippen LogP contribution is -3.11. The predicted octanol–water partition coefficient (Wildman–Crippen LogP) is 2.67. The Morgan fingerprint density at radius 3 is 2.82 bits per heavy atom. The molecule has 2 atom stereocenters. The van der Waals surface area contributed by atoms with E-state index in [-0.39, 0.29) is 5.91 Å². The Bertz CT molecular complexity index is 607. The third-order valence-corrected chi connectivity index (χ3v) is 5.39. The van der Waals surface area contributed by atoms with E-state index in [1.54, 1.807) is 11.3 Å². The van der Waals surface area contributed by atoms with Crippen LogP contribution in [0.25, 0.3) is 0 Å². The van der Waals surface area contributed by atoms with Crippen LogP contribution in [0.15, 0.2) is 41.8 Å². The van der Waals surface area contributed by atoms with Gasteiger partial charge in [-0.3, -0.25) is 4.79 Å². The Hall–Kier alpha value is -1.65. The highest BCUT2D eigenvalue weighted by Crippen LogP contribution is 2.23. The molecule has 0 bridgehead atoms. The summed E-state index contributed by atoms with van der Waals surface area (Å²) in [6.45, 7) is 3.78. The Balaban J connectivity index is 1.58. The summed E-state index contributed by atoms with van der Waals surface area (Å²) >= 11 is 1.81. The number of benzene rings is 1. The maximum Gasteiger partial charge on any atom is 0.279 e. The molecule has 116 valence electrons. The van der Waals surface area contributed by atoms with Crippen molar-refractivity contribution in [1.82, 2.24) is 0 Å². The molecule has 1 aliphatic rings. The van der Waals surface area contributed by atoms with Crippen LogP contribution in [-0.4, -0.2) is 19.0 Å². The molecule has 0 radical (unpaired) electrons. The van der Waals surface area contributed by atoms with Gasteiger partial charge in [-0.1, -0.05) is 25.1 Å². The van der Waals surface area contributed by atoms with Crippen LogP contribution >= 0.6 is 11.3 Å². The van der Waals surface area contributed by atoms with Crippen molar-refractivity contribution in [2.24, 2.45) is 0 Å². The topological polar surface area (TPSA) is 33.5 Å². The second-order valence-corrected chi connectivity index (χ2v) is 6.87. The molecule has 2 heterocycles. The van der Waals surface area contributed by atoms with Crippen molar-refractivity contribution in [1.29, 1.82) is 0 Å². The lowest BCUT2D eigenvalue weighted by Gasteiger charge is -2.20. The Labute approximate surface area is 136 Å². The van der Waals surface area contributed by atoms with E-state index in [2.05, 4.69) is 41.9 Å². The normalized spacial score (nSPS) is 21.0. The molecule has 0 spiro atoms. The average Bonchev–Trinajstić information content (AvgIpc) is 3.18. The highest BCUT2D eigenvalue weighted by atomic mass is 32.1. The number of aryl methyl sites for hydroxylation is 1. The molecule has 1 aromatic heterocycles. The fourth-order valence-corrected chi connectivity index (χ4v) is 4.11. The van der Waals surface area contributed by atoms with Crippen molar-refractivity contribution in [3.05, 3.63) is 52.2 Å². The number of carbonyl (C=O) groups is 1. The number of hydrogen-bond donors (Lipinski definition) is 2. The average molecular weight is 315 g/mol. The van der Waals surface area contributed by atoms with Crippen LogP contribution in [0, 0.1) is 0 Å². The fraction of sp³-hybridized carbons (Fsp3) is 0.389. The first-order chi connectivity index (χ1) is 10.8. The van der Waals surface area contributed by atoms with E-state index in [4.69, 9.17) is 0 Å². The highest BCUT2D eigenvalue weighted by Gasteiger charge is 2.32. The van der Waals surface area contributed by atoms with E-state index in [9.17, 15) is 4.79 Å². The van der Waals surface area contributed by atoms with Crippen molar-refractivity contribution in [3.63, 3.8) is 0 Å². The molecular weight excluding hydrogens is 292 g/mol. The second kappa shape index (κ2) is 7.07. The number of amides is 1. The van der Waals surface area contributed by atoms with Crippen LogP contribution in [0.4, 0.5) is 5.69 Å². The summed E-state index contributed by atoms with van der Waals surface area (Å²) in [6, 6.07) is 12.9. The minimum absolute atomic E-state index is 0.114. The minimum Gasteiger partial charge on any atom is -0.321 e. The monoisotopic (exact) mass is 315 g/mol. The fourth-order valence-electron chi connectivity index (χ4n) is 3.19. The smallest absolute Gasteiger partial charge is 0.279 e. The van der Waals surface area contributed by atoms with E-state index in [0.29, 0.717) is 12.6 Å². The van der Waals surface area contributed by atoms with Gasteiger partial charge >= 0.3 is 0 Å². The maximum atomic E-state index is 12.3. The van der Waals surface area contributed by atoms with Crippen molar-refractivity contribution in [3.8, 4) is 0 Å². The third-order valence-electron chi connectivity index (χ3n) is 4.40. The summed E-state index contributed by atoms with van der Waals surface area (Å²) in [7, 11) is 0. The van der Waals surface area contributed by atoms with Gasteiger partial charge in [0.1, 0.15) is 6.04 Å². The van der Waals surface area contributed by atoms with Crippen LogP contribution in [-0.2, 0) is 11.2 Å². The lowest BCUT2D eigenvalue weighted by atomic mass is 10.1. The van der Waals surface area contributed by atoms with Crippen LogP contribution in [0.5, 0.6) is 0 Å². The highest BCUT2D eigenvalue weighted by molar-refractivity contribution is 7.10. The first-order valence-electron chi connectivity index (χ1n) is 8.03. The molecule has 3 nitrogen and oxygen atoms in total. The van der Waals surface area contributed by atoms with Gasteiger partial charge in [0.05, 0.1) is 11.4 Å². The molecule has 0 saturated carbocycles. The number of carbonyl (C=O) groups excluding carboxylic acids is 1. The maximum absolute atomic E-state index is 12.3. The molecule has 0 aliphatic carbocycles. The van der Waals surface area contributed by atoms with E-state index in [1.807, 2.05) is 12.1 Å². The van der Waals surface area contributed by atoms with Crippen LogP contribution < -0.4 is 10.2 Å². The predicted molar refractivity (Wildman–Crippen MR) is 91.4 cm³/mol. The first-order valence-corrected chi connectivity index (χ1v) is 8.91. The summed E-state index contributed by atoms with van der Waals surface area (Å²) in [5, 5.41) is 5.16. The summed E-state index contributed by atoms with van der Waals surface area (Å²) in [4.78, 5) is 15.1. The number of nitrogens with one attached hydrogen (secondary N) is 2. The van der Waals surface area contributed by atoms with Gasteiger partial charge in [0.25, 0.3) is 5.91 Å². The second-order valence-electron chi connectivity index (χ2n) is 5.89. The molecule has 1 unspecified atom stereocenters. The Morgan fingerprint density at radius 1 is 1.32 bits per heavy atom. The van der Waals surface area contributed by atoms with Crippen molar-refractivity contribution >= 4 is 22.9 Å². The van der Waals surface area contributed by atoms with Gasteiger partial charge in [0.15, 0.2) is 6.54 Å². The van der Waals surface area contributed by atoms with Gasteiger partial charge < -0.3 is 10.2 Å². The van der Waals surface area contributed by atoms with Crippen LogP contribution in [0.3, 0.4) is 0 Å². The molecular formula is C18H23N2OS+. The van der Waals surface area contributed by atoms with E-state index >= 15 is 0 Å². The summed E-state index contributed by atoms with van der Waals surface area (Å²) in [6.07, 6.45) is 3.42. The first kappa shape index (κ1) is 15.3. The molecule has 1 aromatic carbocycles.